The molecule has 0 spiro atoms. The number of ether oxygens (including phenoxy) is 2. The van der Waals surface area contributed by atoms with Crippen LogP contribution in [-0.2, 0) is 19.1 Å². The van der Waals surface area contributed by atoms with E-state index in [1.54, 1.807) is 0 Å². The first-order valence-electron chi connectivity index (χ1n) is 7.03. The average molecular weight is 286 g/mol. The molecule has 0 aromatic rings. The SMILES string of the molecule is NC1COCC1C(=O)N1CCC(OCCC(=O)O)CC1. The predicted octanol–water partition coefficient (Wildman–Crippen LogP) is -0.558. The van der Waals surface area contributed by atoms with Crippen LogP contribution in [0.5, 0.6) is 0 Å². The van der Waals surface area contributed by atoms with Gasteiger partial charge in [0, 0.05) is 19.1 Å². The van der Waals surface area contributed by atoms with Crippen LogP contribution in [0.25, 0.3) is 0 Å². The molecule has 2 unspecified atom stereocenters. The number of rotatable bonds is 5. The van der Waals surface area contributed by atoms with E-state index in [0.717, 1.165) is 12.8 Å². The van der Waals surface area contributed by atoms with Gasteiger partial charge in [0.15, 0.2) is 0 Å². The van der Waals surface area contributed by atoms with Crippen LogP contribution in [0, 0.1) is 5.92 Å². The van der Waals surface area contributed by atoms with Gasteiger partial charge in [-0.15, -0.1) is 0 Å². The van der Waals surface area contributed by atoms with Crippen molar-refractivity contribution in [3.05, 3.63) is 0 Å². The molecule has 0 aromatic heterocycles. The quantitative estimate of drug-likeness (QED) is 0.702. The van der Waals surface area contributed by atoms with E-state index in [-0.39, 0.29) is 37.0 Å². The molecule has 114 valence electrons. The van der Waals surface area contributed by atoms with Gasteiger partial charge in [-0.25, -0.2) is 0 Å². The standard InChI is InChI=1S/C13H22N2O5/c14-11-8-19-7-10(11)13(18)15-4-1-9(2-5-15)20-6-3-12(16)17/h9-11H,1-8,14H2,(H,16,17). The molecular weight excluding hydrogens is 264 g/mol. The molecule has 2 rings (SSSR count). The molecule has 2 fully saturated rings. The highest BCUT2D eigenvalue weighted by Gasteiger charge is 2.35. The van der Waals surface area contributed by atoms with E-state index in [4.69, 9.17) is 20.3 Å². The Bertz CT molecular complexity index is 355. The van der Waals surface area contributed by atoms with Gasteiger partial charge >= 0.3 is 5.97 Å². The van der Waals surface area contributed by atoms with Gasteiger partial charge in [0.05, 0.1) is 38.3 Å². The second kappa shape index (κ2) is 7.01. The van der Waals surface area contributed by atoms with E-state index in [1.807, 2.05) is 4.90 Å². The summed E-state index contributed by atoms with van der Waals surface area (Å²) >= 11 is 0. The van der Waals surface area contributed by atoms with Crippen molar-refractivity contribution in [1.82, 2.24) is 4.90 Å². The fourth-order valence-electron chi connectivity index (χ4n) is 2.62. The molecule has 0 bridgehead atoms. The van der Waals surface area contributed by atoms with E-state index in [2.05, 4.69) is 0 Å². The maximum Gasteiger partial charge on any atom is 0.305 e. The maximum atomic E-state index is 12.3. The van der Waals surface area contributed by atoms with Crippen molar-refractivity contribution in [2.45, 2.75) is 31.4 Å². The Morgan fingerprint density at radius 3 is 2.55 bits per heavy atom. The molecule has 3 N–H and O–H groups in total. The number of aliphatic carboxylic acids is 1. The lowest BCUT2D eigenvalue weighted by Crippen LogP contribution is -2.47. The minimum atomic E-state index is -0.854. The summed E-state index contributed by atoms with van der Waals surface area (Å²) in [6, 6.07) is -0.202. The largest absolute Gasteiger partial charge is 0.481 e. The molecule has 0 aromatic carbocycles. The number of carbonyl (C=O) groups is 2. The number of carboxylic acids is 1. The molecule has 0 radical (unpaired) electrons. The number of nitrogens with two attached hydrogens (primary N) is 1. The number of nitrogens with zero attached hydrogens (tertiary/aromatic N) is 1. The van der Waals surface area contributed by atoms with Crippen LogP contribution in [0.15, 0.2) is 0 Å². The highest BCUT2D eigenvalue weighted by molar-refractivity contribution is 5.80. The summed E-state index contributed by atoms with van der Waals surface area (Å²) in [4.78, 5) is 24.5. The number of carbonyl (C=O) groups excluding carboxylic acids is 1. The fraction of sp³-hybridized carbons (Fsp3) is 0.846. The Morgan fingerprint density at radius 1 is 1.30 bits per heavy atom. The summed E-state index contributed by atoms with van der Waals surface area (Å²) in [7, 11) is 0. The highest BCUT2D eigenvalue weighted by Crippen LogP contribution is 2.20. The van der Waals surface area contributed by atoms with Gasteiger partial charge in [0.2, 0.25) is 5.91 Å². The van der Waals surface area contributed by atoms with Crippen molar-refractivity contribution in [1.29, 1.82) is 0 Å². The Balaban J connectivity index is 1.71. The molecule has 2 aliphatic rings. The van der Waals surface area contributed by atoms with E-state index in [1.165, 1.54) is 0 Å². The van der Waals surface area contributed by atoms with Gasteiger partial charge < -0.3 is 25.2 Å². The molecule has 1 amide bonds. The van der Waals surface area contributed by atoms with Crippen LogP contribution in [0.1, 0.15) is 19.3 Å². The topological polar surface area (TPSA) is 102 Å². The van der Waals surface area contributed by atoms with Crippen LogP contribution in [0.2, 0.25) is 0 Å². The summed E-state index contributed by atoms with van der Waals surface area (Å²) in [5, 5.41) is 8.55. The molecule has 2 aliphatic heterocycles. The second-order valence-corrected chi connectivity index (χ2v) is 5.35. The normalized spacial score (nSPS) is 27.8. The average Bonchev–Trinajstić information content (AvgIpc) is 2.84. The summed E-state index contributed by atoms with van der Waals surface area (Å²) in [5.41, 5.74) is 5.86. The highest BCUT2D eigenvalue weighted by atomic mass is 16.5. The molecule has 20 heavy (non-hydrogen) atoms. The predicted molar refractivity (Wildman–Crippen MR) is 70.1 cm³/mol. The number of hydrogen-bond acceptors (Lipinski definition) is 5. The third kappa shape index (κ3) is 3.91. The van der Waals surface area contributed by atoms with Crippen LogP contribution in [-0.4, -0.2) is 66.9 Å². The summed E-state index contributed by atoms with van der Waals surface area (Å²) in [6.07, 6.45) is 1.56. The van der Waals surface area contributed by atoms with E-state index < -0.39 is 5.97 Å². The van der Waals surface area contributed by atoms with Crippen LogP contribution in [0.4, 0.5) is 0 Å². The molecular formula is C13H22N2O5. The molecule has 2 saturated heterocycles. The van der Waals surface area contributed by atoms with E-state index in [0.29, 0.717) is 26.3 Å². The zero-order chi connectivity index (χ0) is 14.5. The van der Waals surface area contributed by atoms with Crippen molar-refractivity contribution < 1.29 is 24.2 Å². The lowest BCUT2D eigenvalue weighted by molar-refractivity contribution is -0.139. The number of piperidine rings is 1. The van der Waals surface area contributed by atoms with Crippen molar-refractivity contribution in [3.63, 3.8) is 0 Å². The molecule has 2 heterocycles. The van der Waals surface area contributed by atoms with Crippen molar-refractivity contribution in [3.8, 4) is 0 Å². The van der Waals surface area contributed by atoms with Gasteiger partial charge in [0.25, 0.3) is 0 Å². The van der Waals surface area contributed by atoms with Crippen molar-refractivity contribution in [2.75, 3.05) is 32.9 Å². The third-order valence-electron chi connectivity index (χ3n) is 3.86. The summed E-state index contributed by atoms with van der Waals surface area (Å²) in [6.45, 7) is 2.37. The first-order chi connectivity index (χ1) is 9.58. The fourth-order valence-corrected chi connectivity index (χ4v) is 2.62. The van der Waals surface area contributed by atoms with Gasteiger partial charge in [-0.2, -0.15) is 0 Å². The number of amides is 1. The number of likely N-dealkylation sites (tertiary alicyclic amines) is 1. The number of hydrogen-bond donors (Lipinski definition) is 2. The Hall–Kier alpha value is -1.18. The molecule has 2 atom stereocenters. The summed E-state index contributed by atoms with van der Waals surface area (Å²) in [5.74, 6) is -1.01. The van der Waals surface area contributed by atoms with Crippen molar-refractivity contribution in [2.24, 2.45) is 11.7 Å². The Morgan fingerprint density at radius 2 is 2.00 bits per heavy atom. The molecule has 0 saturated carbocycles. The van der Waals surface area contributed by atoms with Gasteiger partial charge in [-0.05, 0) is 12.8 Å². The molecule has 7 nitrogen and oxygen atoms in total. The summed E-state index contributed by atoms with van der Waals surface area (Å²) < 4.78 is 10.7. The van der Waals surface area contributed by atoms with Gasteiger partial charge in [-0.1, -0.05) is 0 Å². The second-order valence-electron chi connectivity index (χ2n) is 5.35. The maximum absolute atomic E-state index is 12.3. The molecule has 7 heteroatoms. The monoisotopic (exact) mass is 286 g/mol. The molecule has 0 aliphatic carbocycles. The zero-order valence-corrected chi connectivity index (χ0v) is 11.5. The zero-order valence-electron chi connectivity index (χ0n) is 11.5. The van der Waals surface area contributed by atoms with Crippen molar-refractivity contribution >= 4 is 11.9 Å². The first kappa shape index (κ1) is 15.2. The minimum Gasteiger partial charge on any atom is -0.481 e. The lowest BCUT2D eigenvalue weighted by atomic mass is 10.00. The van der Waals surface area contributed by atoms with Crippen LogP contribution in [0.3, 0.4) is 0 Å². The van der Waals surface area contributed by atoms with E-state index in [9.17, 15) is 9.59 Å². The minimum absolute atomic E-state index is 0.0212. The number of carboxylic acid groups (broad SMARTS) is 1. The Kier molecular flexibility index (Phi) is 5.33. The van der Waals surface area contributed by atoms with Crippen LogP contribution >= 0.6 is 0 Å². The first-order valence-corrected chi connectivity index (χ1v) is 7.03. The van der Waals surface area contributed by atoms with E-state index >= 15 is 0 Å². The lowest BCUT2D eigenvalue weighted by Gasteiger charge is -2.33. The smallest absolute Gasteiger partial charge is 0.305 e. The van der Waals surface area contributed by atoms with Gasteiger partial charge in [0.1, 0.15) is 0 Å². The Labute approximate surface area is 118 Å². The van der Waals surface area contributed by atoms with Crippen LogP contribution < -0.4 is 5.73 Å². The van der Waals surface area contributed by atoms with Gasteiger partial charge in [-0.3, -0.25) is 9.59 Å². The third-order valence-corrected chi connectivity index (χ3v) is 3.86.